The summed E-state index contributed by atoms with van der Waals surface area (Å²) in [7, 11) is 0. The summed E-state index contributed by atoms with van der Waals surface area (Å²) in [5.74, 6) is 2.42. The van der Waals surface area contributed by atoms with Gasteiger partial charge in [-0.1, -0.05) is 41.5 Å². The fourth-order valence-corrected chi connectivity index (χ4v) is 2.48. The van der Waals surface area contributed by atoms with E-state index < -0.39 is 0 Å². The van der Waals surface area contributed by atoms with Crippen LogP contribution >= 0.6 is 0 Å². The zero-order valence-corrected chi connectivity index (χ0v) is 13.4. The van der Waals surface area contributed by atoms with Crippen molar-refractivity contribution in [1.82, 2.24) is 10.2 Å². The van der Waals surface area contributed by atoms with Crippen molar-refractivity contribution in [3.63, 3.8) is 0 Å². The predicted octanol–water partition coefficient (Wildman–Crippen LogP) is 3.24. The van der Waals surface area contributed by atoms with Gasteiger partial charge in [-0.05, 0) is 49.2 Å². The van der Waals surface area contributed by atoms with Gasteiger partial charge < -0.3 is 10.2 Å². The highest BCUT2D eigenvalue weighted by atomic mass is 15.2. The molecule has 0 amide bonds. The zero-order valence-electron chi connectivity index (χ0n) is 13.4. The monoisotopic (exact) mass is 254 g/mol. The van der Waals surface area contributed by atoms with Crippen LogP contribution in [0.3, 0.4) is 0 Å². The van der Waals surface area contributed by atoms with E-state index in [0.717, 1.165) is 24.3 Å². The van der Waals surface area contributed by atoms with Crippen LogP contribution in [0.2, 0.25) is 0 Å². The topological polar surface area (TPSA) is 15.3 Å². The van der Waals surface area contributed by atoms with E-state index in [1.54, 1.807) is 0 Å². The minimum absolute atomic E-state index is 0.438. The molecular formula is C16H34N2. The predicted molar refractivity (Wildman–Crippen MR) is 80.9 cm³/mol. The van der Waals surface area contributed by atoms with Gasteiger partial charge in [-0.15, -0.1) is 0 Å². The van der Waals surface area contributed by atoms with E-state index in [1.165, 1.54) is 32.6 Å². The quantitative estimate of drug-likeness (QED) is 0.783. The summed E-state index contributed by atoms with van der Waals surface area (Å²) < 4.78 is 0. The average molecular weight is 254 g/mol. The van der Waals surface area contributed by atoms with Gasteiger partial charge in [0.2, 0.25) is 0 Å². The molecule has 1 saturated heterocycles. The third-order valence-corrected chi connectivity index (χ3v) is 4.37. The van der Waals surface area contributed by atoms with Gasteiger partial charge in [0.25, 0.3) is 0 Å². The maximum atomic E-state index is 3.60. The molecule has 0 aromatic carbocycles. The summed E-state index contributed by atoms with van der Waals surface area (Å²) in [4.78, 5) is 2.66. The van der Waals surface area contributed by atoms with E-state index in [0.29, 0.717) is 5.41 Å². The van der Waals surface area contributed by atoms with Crippen LogP contribution in [0.25, 0.3) is 0 Å². The number of hydrogen-bond donors (Lipinski definition) is 1. The Kier molecular flexibility index (Phi) is 6.13. The van der Waals surface area contributed by atoms with Gasteiger partial charge in [-0.2, -0.15) is 0 Å². The van der Waals surface area contributed by atoms with Crippen LogP contribution in [-0.2, 0) is 0 Å². The molecule has 1 N–H and O–H groups in total. The minimum atomic E-state index is 0.438. The zero-order chi connectivity index (χ0) is 13.8. The van der Waals surface area contributed by atoms with Gasteiger partial charge in [0.15, 0.2) is 0 Å². The highest BCUT2D eigenvalue weighted by Gasteiger charge is 2.27. The second-order valence-corrected chi connectivity index (χ2v) is 7.73. The number of rotatable bonds is 6. The summed E-state index contributed by atoms with van der Waals surface area (Å²) >= 11 is 0. The van der Waals surface area contributed by atoms with Crippen molar-refractivity contribution in [3.05, 3.63) is 0 Å². The van der Waals surface area contributed by atoms with Gasteiger partial charge >= 0.3 is 0 Å². The lowest BCUT2D eigenvalue weighted by Gasteiger charge is -2.31. The first-order chi connectivity index (χ1) is 8.29. The van der Waals surface area contributed by atoms with Crippen LogP contribution < -0.4 is 5.32 Å². The number of nitrogens with zero attached hydrogens (tertiary/aromatic N) is 1. The van der Waals surface area contributed by atoms with E-state index in [4.69, 9.17) is 0 Å². The molecule has 0 radical (unpaired) electrons. The maximum Gasteiger partial charge on any atom is 0.00224 e. The first-order valence-corrected chi connectivity index (χ1v) is 7.72. The van der Waals surface area contributed by atoms with E-state index >= 15 is 0 Å². The lowest BCUT2D eigenvalue weighted by atomic mass is 9.82. The largest absolute Gasteiger partial charge is 0.316 e. The molecule has 0 aromatic heterocycles. The molecule has 1 fully saturated rings. The third kappa shape index (κ3) is 5.71. The van der Waals surface area contributed by atoms with Crippen molar-refractivity contribution in [2.24, 2.45) is 23.2 Å². The molecular weight excluding hydrogens is 220 g/mol. The summed E-state index contributed by atoms with van der Waals surface area (Å²) in [5.41, 5.74) is 0.438. The van der Waals surface area contributed by atoms with Crippen LogP contribution in [0.5, 0.6) is 0 Å². The molecule has 2 unspecified atom stereocenters. The van der Waals surface area contributed by atoms with Crippen molar-refractivity contribution >= 4 is 0 Å². The standard InChI is InChI=1S/C16H34N2/c1-13(2)9-17-10-15-7-8-18(12-15)11-14(3)16(4,5)6/h13-15,17H,7-12H2,1-6H3. The lowest BCUT2D eigenvalue weighted by Crippen LogP contribution is -2.34. The van der Waals surface area contributed by atoms with Crippen molar-refractivity contribution in [3.8, 4) is 0 Å². The molecule has 0 bridgehead atoms. The van der Waals surface area contributed by atoms with E-state index in [-0.39, 0.29) is 0 Å². The minimum Gasteiger partial charge on any atom is -0.316 e. The maximum absolute atomic E-state index is 3.60. The van der Waals surface area contributed by atoms with Crippen LogP contribution in [0, 0.1) is 23.2 Å². The van der Waals surface area contributed by atoms with Crippen LogP contribution in [0.15, 0.2) is 0 Å². The first-order valence-electron chi connectivity index (χ1n) is 7.72. The Morgan fingerprint density at radius 3 is 2.44 bits per heavy atom. The summed E-state index contributed by atoms with van der Waals surface area (Å²) in [6.45, 7) is 20.3. The Morgan fingerprint density at radius 1 is 1.22 bits per heavy atom. The highest BCUT2D eigenvalue weighted by Crippen LogP contribution is 2.27. The summed E-state index contributed by atoms with van der Waals surface area (Å²) in [5, 5.41) is 3.60. The normalized spacial score (nSPS) is 23.8. The van der Waals surface area contributed by atoms with Crippen molar-refractivity contribution in [2.75, 3.05) is 32.7 Å². The number of nitrogens with one attached hydrogen (secondary N) is 1. The SMILES string of the molecule is CC(C)CNCC1CCN(CC(C)C(C)(C)C)C1. The molecule has 1 aliphatic heterocycles. The van der Waals surface area contributed by atoms with Gasteiger partial charge in [-0.3, -0.25) is 0 Å². The highest BCUT2D eigenvalue weighted by molar-refractivity contribution is 4.81. The Morgan fingerprint density at radius 2 is 1.89 bits per heavy atom. The fraction of sp³-hybridized carbons (Fsp3) is 1.00. The second kappa shape index (κ2) is 6.91. The summed E-state index contributed by atoms with van der Waals surface area (Å²) in [6, 6.07) is 0. The van der Waals surface area contributed by atoms with Crippen LogP contribution in [0.4, 0.5) is 0 Å². The molecule has 0 saturated carbocycles. The van der Waals surface area contributed by atoms with Gasteiger partial charge in [-0.25, -0.2) is 0 Å². The van der Waals surface area contributed by atoms with Gasteiger partial charge in [0.05, 0.1) is 0 Å². The molecule has 2 heteroatoms. The molecule has 1 aliphatic rings. The number of hydrogen-bond acceptors (Lipinski definition) is 2. The van der Waals surface area contributed by atoms with Gasteiger partial charge in [0.1, 0.15) is 0 Å². The molecule has 1 heterocycles. The second-order valence-electron chi connectivity index (χ2n) is 7.73. The fourth-order valence-electron chi connectivity index (χ4n) is 2.48. The Balaban J connectivity index is 2.21. The summed E-state index contributed by atoms with van der Waals surface area (Å²) in [6.07, 6.45) is 1.38. The Hall–Kier alpha value is -0.0800. The molecule has 0 spiro atoms. The lowest BCUT2D eigenvalue weighted by molar-refractivity contribution is 0.179. The molecule has 0 aliphatic carbocycles. The molecule has 108 valence electrons. The molecule has 18 heavy (non-hydrogen) atoms. The van der Waals surface area contributed by atoms with Crippen molar-refractivity contribution in [1.29, 1.82) is 0 Å². The Bertz CT molecular complexity index is 230. The first kappa shape index (κ1) is 16.0. The van der Waals surface area contributed by atoms with Crippen molar-refractivity contribution < 1.29 is 0 Å². The third-order valence-electron chi connectivity index (χ3n) is 4.37. The number of likely N-dealkylation sites (tertiary alicyclic amines) is 1. The van der Waals surface area contributed by atoms with Crippen LogP contribution in [-0.4, -0.2) is 37.6 Å². The van der Waals surface area contributed by atoms with Crippen molar-refractivity contribution in [2.45, 2.75) is 48.0 Å². The van der Waals surface area contributed by atoms with Gasteiger partial charge in [0, 0.05) is 13.1 Å². The van der Waals surface area contributed by atoms with E-state index in [1.807, 2.05) is 0 Å². The van der Waals surface area contributed by atoms with E-state index in [2.05, 4.69) is 51.8 Å². The molecule has 1 rings (SSSR count). The van der Waals surface area contributed by atoms with E-state index in [9.17, 15) is 0 Å². The smallest absolute Gasteiger partial charge is 0.00224 e. The average Bonchev–Trinajstić information content (AvgIpc) is 2.63. The molecule has 2 atom stereocenters. The van der Waals surface area contributed by atoms with Crippen LogP contribution in [0.1, 0.15) is 48.0 Å². The molecule has 2 nitrogen and oxygen atoms in total. The Labute approximate surface area is 115 Å². The molecule has 0 aromatic rings.